The van der Waals surface area contributed by atoms with Crippen LogP contribution in [0.15, 0.2) is 67.0 Å². The van der Waals surface area contributed by atoms with E-state index >= 15 is 0 Å². The van der Waals surface area contributed by atoms with Crippen molar-refractivity contribution in [2.45, 2.75) is 25.8 Å². The SMILES string of the molecule is CC(C)NC[C@@H](C(=O)N1CCN(c2c(-c3cccc(C(N)=O)c3)cnc3[nH]ccc23)CC1)c1ccc(I)cc1. The van der Waals surface area contributed by atoms with Crippen LogP contribution in [0, 0.1) is 3.57 Å². The summed E-state index contributed by atoms with van der Waals surface area (Å²) < 4.78 is 1.15. The molecule has 8 nitrogen and oxygen atoms in total. The Morgan fingerprint density at radius 3 is 2.51 bits per heavy atom. The van der Waals surface area contributed by atoms with Gasteiger partial charge in [-0.25, -0.2) is 4.98 Å². The Hall–Kier alpha value is -3.44. The molecule has 39 heavy (non-hydrogen) atoms. The number of hydrogen-bond donors (Lipinski definition) is 3. The molecule has 0 aliphatic carbocycles. The number of aromatic amines is 1. The van der Waals surface area contributed by atoms with Crippen LogP contribution in [-0.4, -0.2) is 65.4 Å². The molecule has 2 amide bonds. The Balaban J connectivity index is 1.40. The Kier molecular flexibility index (Phi) is 8.18. The van der Waals surface area contributed by atoms with Gasteiger partial charge in [0.15, 0.2) is 0 Å². The molecule has 1 atom stereocenters. The summed E-state index contributed by atoms with van der Waals surface area (Å²) in [6.07, 6.45) is 3.73. The van der Waals surface area contributed by atoms with Crippen molar-refractivity contribution in [3.63, 3.8) is 0 Å². The van der Waals surface area contributed by atoms with Crippen molar-refractivity contribution in [3.05, 3.63) is 81.7 Å². The van der Waals surface area contributed by atoms with Crippen molar-refractivity contribution in [2.24, 2.45) is 5.73 Å². The highest BCUT2D eigenvalue weighted by molar-refractivity contribution is 14.1. The van der Waals surface area contributed by atoms with Crippen molar-refractivity contribution in [3.8, 4) is 11.1 Å². The molecule has 5 rings (SSSR count). The molecule has 0 saturated carbocycles. The lowest BCUT2D eigenvalue weighted by atomic mass is 9.96. The quantitative estimate of drug-likeness (QED) is 0.249. The number of carbonyl (C=O) groups excluding carboxylic acids is 2. The first-order valence-electron chi connectivity index (χ1n) is 13.2. The number of nitrogens with two attached hydrogens (primary N) is 1. The van der Waals surface area contributed by atoms with Crippen molar-refractivity contribution in [2.75, 3.05) is 37.6 Å². The second-order valence-electron chi connectivity index (χ2n) is 10.2. The number of halogens is 1. The number of primary amides is 1. The molecule has 2 aromatic carbocycles. The second kappa shape index (κ2) is 11.7. The minimum atomic E-state index is -0.462. The molecule has 1 aliphatic rings. The second-order valence-corrected chi connectivity index (χ2v) is 11.4. The van der Waals surface area contributed by atoms with Crippen LogP contribution in [0.5, 0.6) is 0 Å². The maximum atomic E-state index is 13.8. The van der Waals surface area contributed by atoms with Gasteiger partial charge in [0.05, 0.1) is 11.6 Å². The maximum absolute atomic E-state index is 13.8. The third kappa shape index (κ3) is 5.94. The number of pyridine rings is 1. The molecule has 0 bridgehead atoms. The lowest BCUT2D eigenvalue weighted by Gasteiger charge is -2.38. The number of benzene rings is 2. The number of carbonyl (C=O) groups is 2. The largest absolute Gasteiger partial charge is 0.367 e. The van der Waals surface area contributed by atoms with Gasteiger partial charge in [0.2, 0.25) is 11.8 Å². The standard InChI is InChI=1S/C30H33IN6O2/c1-19(2)34-18-26(20-6-8-23(31)9-7-20)30(39)37-14-12-36(13-15-37)27-24-10-11-33-29(24)35-17-25(27)21-4-3-5-22(16-21)28(32)38/h3-11,16-17,19,26,34H,12-15,18H2,1-2H3,(H2,32,38)(H,33,35)/t26-/m1/s1. The molecule has 4 aromatic rings. The van der Waals surface area contributed by atoms with Gasteiger partial charge in [-0.15, -0.1) is 0 Å². The number of fused-ring (bicyclic) bond motifs is 1. The van der Waals surface area contributed by atoms with Crippen LogP contribution in [0.4, 0.5) is 5.69 Å². The molecule has 1 saturated heterocycles. The third-order valence-corrected chi connectivity index (χ3v) is 7.94. The fraction of sp³-hybridized carbons (Fsp3) is 0.300. The molecule has 202 valence electrons. The molecule has 0 radical (unpaired) electrons. The van der Waals surface area contributed by atoms with E-state index in [4.69, 9.17) is 5.73 Å². The van der Waals surface area contributed by atoms with Crippen LogP contribution in [0.1, 0.15) is 35.7 Å². The minimum absolute atomic E-state index is 0.153. The summed E-state index contributed by atoms with van der Waals surface area (Å²) in [6, 6.07) is 17.9. The van der Waals surface area contributed by atoms with Crippen LogP contribution in [0.25, 0.3) is 22.2 Å². The molecule has 0 unspecified atom stereocenters. The first kappa shape index (κ1) is 27.1. The Labute approximate surface area is 242 Å². The van der Waals surface area contributed by atoms with Gasteiger partial charge in [-0.3, -0.25) is 9.59 Å². The van der Waals surface area contributed by atoms with Gasteiger partial charge in [0, 0.05) is 71.2 Å². The van der Waals surface area contributed by atoms with E-state index in [0.29, 0.717) is 44.3 Å². The van der Waals surface area contributed by atoms with E-state index in [1.807, 2.05) is 41.6 Å². The van der Waals surface area contributed by atoms with Gasteiger partial charge in [-0.2, -0.15) is 0 Å². The first-order valence-corrected chi connectivity index (χ1v) is 14.3. The van der Waals surface area contributed by atoms with Crippen LogP contribution in [0.2, 0.25) is 0 Å². The maximum Gasteiger partial charge on any atom is 0.248 e. The van der Waals surface area contributed by atoms with Crippen molar-refractivity contribution in [1.82, 2.24) is 20.2 Å². The van der Waals surface area contributed by atoms with Gasteiger partial charge in [-0.1, -0.05) is 38.1 Å². The highest BCUT2D eigenvalue weighted by atomic mass is 127. The molecule has 9 heteroatoms. The highest BCUT2D eigenvalue weighted by Crippen LogP contribution is 2.37. The Morgan fingerprint density at radius 2 is 1.82 bits per heavy atom. The number of piperazine rings is 1. The van der Waals surface area contributed by atoms with Gasteiger partial charge >= 0.3 is 0 Å². The zero-order valence-corrected chi connectivity index (χ0v) is 24.3. The van der Waals surface area contributed by atoms with Crippen LogP contribution in [0.3, 0.4) is 0 Å². The predicted molar refractivity (Wildman–Crippen MR) is 164 cm³/mol. The highest BCUT2D eigenvalue weighted by Gasteiger charge is 2.30. The molecule has 1 aliphatic heterocycles. The average molecular weight is 637 g/mol. The number of nitrogens with one attached hydrogen (secondary N) is 2. The first-order chi connectivity index (χ1) is 18.8. The van der Waals surface area contributed by atoms with E-state index in [1.54, 1.807) is 6.07 Å². The smallest absolute Gasteiger partial charge is 0.248 e. The summed E-state index contributed by atoms with van der Waals surface area (Å²) >= 11 is 2.29. The van der Waals surface area contributed by atoms with E-state index in [2.05, 4.69) is 80.9 Å². The van der Waals surface area contributed by atoms with Crippen LogP contribution < -0.4 is 16.0 Å². The predicted octanol–water partition coefficient (Wildman–Crippen LogP) is 4.36. The minimum Gasteiger partial charge on any atom is -0.367 e. The number of anilines is 1. The summed E-state index contributed by atoms with van der Waals surface area (Å²) in [4.78, 5) is 37.8. The van der Waals surface area contributed by atoms with Crippen LogP contribution in [-0.2, 0) is 4.79 Å². The van der Waals surface area contributed by atoms with E-state index in [9.17, 15) is 9.59 Å². The Bertz CT molecular complexity index is 1470. The lowest BCUT2D eigenvalue weighted by Crippen LogP contribution is -2.51. The molecule has 2 aromatic heterocycles. The number of H-pyrrole nitrogens is 1. The summed E-state index contributed by atoms with van der Waals surface area (Å²) in [5.41, 5.74) is 10.7. The van der Waals surface area contributed by atoms with Gasteiger partial charge in [0.1, 0.15) is 5.65 Å². The number of hydrogen-bond acceptors (Lipinski definition) is 5. The number of nitrogens with zero attached hydrogens (tertiary/aromatic N) is 3. The summed E-state index contributed by atoms with van der Waals surface area (Å²) in [7, 11) is 0. The van der Waals surface area contributed by atoms with Gasteiger partial charge in [0.25, 0.3) is 0 Å². The van der Waals surface area contributed by atoms with Gasteiger partial charge in [-0.05, 0) is 64.0 Å². The zero-order valence-electron chi connectivity index (χ0n) is 22.2. The lowest BCUT2D eigenvalue weighted by molar-refractivity contribution is -0.133. The third-order valence-electron chi connectivity index (χ3n) is 7.22. The topological polar surface area (TPSA) is 107 Å². The normalized spacial score (nSPS) is 14.7. The van der Waals surface area contributed by atoms with Crippen molar-refractivity contribution < 1.29 is 9.59 Å². The molecule has 4 N–H and O–H groups in total. The van der Waals surface area contributed by atoms with E-state index in [1.165, 1.54) is 0 Å². The van der Waals surface area contributed by atoms with Gasteiger partial charge < -0.3 is 25.8 Å². The number of amides is 2. The molecule has 1 fully saturated rings. The molecule has 0 spiro atoms. The number of rotatable bonds is 8. The van der Waals surface area contributed by atoms with E-state index in [0.717, 1.165) is 37.0 Å². The van der Waals surface area contributed by atoms with E-state index < -0.39 is 5.91 Å². The summed E-state index contributed by atoms with van der Waals surface area (Å²) in [5.74, 6) is -0.545. The van der Waals surface area contributed by atoms with Crippen LogP contribution >= 0.6 is 22.6 Å². The average Bonchev–Trinajstić information content (AvgIpc) is 3.42. The molecule has 3 heterocycles. The Morgan fingerprint density at radius 1 is 1.08 bits per heavy atom. The number of aromatic nitrogens is 2. The molecular formula is C30H33IN6O2. The monoisotopic (exact) mass is 636 g/mol. The fourth-order valence-electron chi connectivity index (χ4n) is 5.15. The fourth-order valence-corrected chi connectivity index (χ4v) is 5.51. The molecular weight excluding hydrogens is 603 g/mol. The van der Waals surface area contributed by atoms with Crippen molar-refractivity contribution in [1.29, 1.82) is 0 Å². The summed E-state index contributed by atoms with van der Waals surface area (Å²) in [5, 5.41) is 4.47. The summed E-state index contributed by atoms with van der Waals surface area (Å²) in [6.45, 7) is 7.42. The van der Waals surface area contributed by atoms with Crippen molar-refractivity contribution >= 4 is 51.1 Å². The van der Waals surface area contributed by atoms with E-state index in [-0.39, 0.29) is 11.8 Å². The zero-order chi connectivity index (χ0) is 27.5.